The Hall–Kier alpha value is -2.02. The highest BCUT2D eigenvalue weighted by atomic mass is 35.5. The third-order valence-electron chi connectivity index (χ3n) is 6.32. The molecule has 0 aromatic carbocycles. The van der Waals surface area contributed by atoms with Gasteiger partial charge in [0.15, 0.2) is 0 Å². The molecule has 0 aliphatic carbocycles. The maximum atomic E-state index is 12.7. The van der Waals surface area contributed by atoms with Crippen molar-refractivity contribution in [1.82, 2.24) is 15.3 Å². The molecule has 7 heteroatoms. The SMILES string of the molecule is C[C@H]1CC[C@@H](C(=O)Cc2cc(-c3cccc(NCC4CCOCC4)n3)c(Cl)cn2)CN1. The number of rotatable bonds is 7. The molecule has 31 heavy (non-hydrogen) atoms. The van der Waals surface area contributed by atoms with Crippen molar-refractivity contribution in [3.8, 4) is 11.3 Å². The second-order valence-corrected chi connectivity index (χ2v) is 9.13. The highest BCUT2D eigenvalue weighted by molar-refractivity contribution is 6.33. The molecule has 2 saturated heterocycles. The summed E-state index contributed by atoms with van der Waals surface area (Å²) in [5, 5.41) is 7.39. The molecule has 2 aromatic rings. The number of nitrogens with zero attached hydrogens (tertiary/aromatic N) is 2. The molecule has 0 amide bonds. The van der Waals surface area contributed by atoms with E-state index in [9.17, 15) is 4.79 Å². The molecule has 6 nitrogen and oxygen atoms in total. The fourth-order valence-corrected chi connectivity index (χ4v) is 4.45. The molecule has 2 fully saturated rings. The number of halogens is 1. The van der Waals surface area contributed by atoms with Crippen LogP contribution in [0.1, 0.15) is 38.3 Å². The number of ether oxygens (including phenoxy) is 1. The topological polar surface area (TPSA) is 76.1 Å². The van der Waals surface area contributed by atoms with E-state index in [0.717, 1.165) is 74.8 Å². The van der Waals surface area contributed by atoms with Gasteiger partial charge in [-0.15, -0.1) is 0 Å². The van der Waals surface area contributed by atoms with Crippen molar-refractivity contribution in [2.75, 3.05) is 31.6 Å². The van der Waals surface area contributed by atoms with Crippen LogP contribution in [-0.4, -0.2) is 48.1 Å². The van der Waals surface area contributed by atoms with Crippen LogP contribution in [0.25, 0.3) is 11.3 Å². The van der Waals surface area contributed by atoms with Crippen LogP contribution in [0, 0.1) is 11.8 Å². The van der Waals surface area contributed by atoms with Crippen molar-refractivity contribution in [2.24, 2.45) is 11.8 Å². The lowest BCUT2D eigenvalue weighted by molar-refractivity contribution is -0.122. The number of aromatic nitrogens is 2. The van der Waals surface area contributed by atoms with Gasteiger partial charge in [0.25, 0.3) is 0 Å². The van der Waals surface area contributed by atoms with Crippen LogP contribution in [-0.2, 0) is 16.0 Å². The van der Waals surface area contributed by atoms with E-state index in [2.05, 4.69) is 22.5 Å². The molecular formula is C24H31ClN4O2. The molecule has 0 bridgehead atoms. The summed E-state index contributed by atoms with van der Waals surface area (Å²) in [5.74, 6) is 1.74. The maximum absolute atomic E-state index is 12.7. The molecule has 2 aliphatic heterocycles. The van der Waals surface area contributed by atoms with Crippen molar-refractivity contribution in [3.63, 3.8) is 0 Å². The second-order valence-electron chi connectivity index (χ2n) is 8.73. The number of ketones is 1. The first-order valence-electron chi connectivity index (χ1n) is 11.3. The number of carbonyl (C=O) groups is 1. The largest absolute Gasteiger partial charge is 0.381 e. The summed E-state index contributed by atoms with van der Waals surface area (Å²) in [5.41, 5.74) is 2.33. The molecule has 4 rings (SSSR count). The minimum atomic E-state index is 0.0629. The fraction of sp³-hybridized carbons (Fsp3) is 0.542. The van der Waals surface area contributed by atoms with Gasteiger partial charge in [0.05, 0.1) is 10.7 Å². The molecule has 2 aromatic heterocycles. The highest BCUT2D eigenvalue weighted by Gasteiger charge is 2.24. The van der Waals surface area contributed by atoms with E-state index in [-0.39, 0.29) is 11.7 Å². The third kappa shape index (κ3) is 6.03. The Bertz CT molecular complexity index is 893. The molecule has 166 valence electrons. The second kappa shape index (κ2) is 10.5. The van der Waals surface area contributed by atoms with Gasteiger partial charge >= 0.3 is 0 Å². The van der Waals surface area contributed by atoms with Gasteiger partial charge in [-0.3, -0.25) is 9.78 Å². The summed E-state index contributed by atoms with van der Waals surface area (Å²) in [4.78, 5) is 21.9. The van der Waals surface area contributed by atoms with Crippen LogP contribution in [0.2, 0.25) is 5.02 Å². The van der Waals surface area contributed by atoms with Crippen LogP contribution in [0.5, 0.6) is 0 Å². The van der Waals surface area contributed by atoms with Gasteiger partial charge in [0.1, 0.15) is 11.6 Å². The Morgan fingerprint density at radius 2 is 2.10 bits per heavy atom. The first-order valence-corrected chi connectivity index (χ1v) is 11.7. The van der Waals surface area contributed by atoms with Gasteiger partial charge in [0.2, 0.25) is 0 Å². The Balaban J connectivity index is 1.43. The van der Waals surface area contributed by atoms with Crippen LogP contribution in [0.4, 0.5) is 5.82 Å². The van der Waals surface area contributed by atoms with Crippen molar-refractivity contribution < 1.29 is 9.53 Å². The first-order chi connectivity index (χ1) is 15.1. The summed E-state index contributed by atoms with van der Waals surface area (Å²) in [6.45, 7) is 5.47. The lowest BCUT2D eigenvalue weighted by Crippen LogP contribution is -2.40. The predicted octanol–water partition coefficient (Wildman–Crippen LogP) is 4.14. The predicted molar refractivity (Wildman–Crippen MR) is 123 cm³/mol. The summed E-state index contributed by atoms with van der Waals surface area (Å²) in [7, 11) is 0. The number of anilines is 1. The third-order valence-corrected chi connectivity index (χ3v) is 6.62. The van der Waals surface area contributed by atoms with Gasteiger partial charge in [-0.1, -0.05) is 17.7 Å². The molecule has 0 spiro atoms. The van der Waals surface area contributed by atoms with Crippen LogP contribution >= 0.6 is 11.6 Å². The minimum absolute atomic E-state index is 0.0629. The average molecular weight is 443 g/mol. The number of hydrogen-bond donors (Lipinski definition) is 2. The molecular weight excluding hydrogens is 412 g/mol. The van der Waals surface area contributed by atoms with Gasteiger partial charge in [-0.2, -0.15) is 0 Å². The fourth-order valence-electron chi connectivity index (χ4n) is 4.25. The summed E-state index contributed by atoms with van der Waals surface area (Å²) < 4.78 is 5.43. The summed E-state index contributed by atoms with van der Waals surface area (Å²) >= 11 is 6.45. The zero-order valence-corrected chi connectivity index (χ0v) is 18.8. The number of carbonyl (C=O) groups excluding carboxylic acids is 1. The van der Waals surface area contributed by atoms with Gasteiger partial charge in [-0.25, -0.2) is 4.98 Å². The van der Waals surface area contributed by atoms with Crippen LogP contribution in [0.3, 0.4) is 0 Å². The molecule has 0 saturated carbocycles. The van der Waals surface area contributed by atoms with E-state index in [1.807, 2.05) is 24.3 Å². The summed E-state index contributed by atoms with van der Waals surface area (Å²) in [6, 6.07) is 8.29. The quantitative estimate of drug-likeness (QED) is 0.671. The van der Waals surface area contributed by atoms with E-state index in [4.69, 9.17) is 21.3 Å². The standard InChI is InChI=1S/C24H31ClN4O2/c1-16-5-6-18(14-26-16)23(30)12-19-11-20(21(25)15-27-19)22-3-2-4-24(29-22)28-13-17-7-9-31-10-8-17/h2-4,11,15-18,26H,5-10,12-14H2,1H3,(H,28,29)/t16-,18+/m0/s1. The number of Topliss-reactive ketones (excluding diaryl/α,β-unsaturated/α-hetero) is 1. The smallest absolute Gasteiger partial charge is 0.143 e. The zero-order valence-electron chi connectivity index (χ0n) is 18.1. The van der Waals surface area contributed by atoms with Crippen molar-refractivity contribution in [3.05, 3.63) is 41.2 Å². The number of nitrogens with one attached hydrogen (secondary N) is 2. The number of piperidine rings is 1. The lowest BCUT2D eigenvalue weighted by atomic mass is 9.90. The van der Waals surface area contributed by atoms with Gasteiger partial charge in [0, 0.05) is 62.1 Å². The lowest BCUT2D eigenvalue weighted by Gasteiger charge is -2.26. The Labute approximate surface area is 189 Å². The monoisotopic (exact) mass is 442 g/mol. The van der Waals surface area contributed by atoms with Gasteiger partial charge < -0.3 is 15.4 Å². The normalized spacial score (nSPS) is 22.3. The minimum Gasteiger partial charge on any atom is -0.381 e. The molecule has 2 atom stereocenters. The molecule has 0 unspecified atom stereocenters. The van der Waals surface area contributed by atoms with E-state index in [0.29, 0.717) is 23.4 Å². The Morgan fingerprint density at radius 1 is 1.26 bits per heavy atom. The molecule has 4 heterocycles. The molecule has 0 radical (unpaired) electrons. The molecule has 2 N–H and O–H groups in total. The first kappa shape index (κ1) is 22.2. The van der Waals surface area contributed by atoms with E-state index in [1.165, 1.54) is 0 Å². The van der Waals surface area contributed by atoms with Crippen molar-refractivity contribution >= 4 is 23.2 Å². The van der Waals surface area contributed by atoms with E-state index in [1.54, 1.807) is 6.20 Å². The Morgan fingerprint density at radius 3 is 2.87 bits per heavy atom. The number of pyridine rings is 2. The summed E-state index contributed by atoms with van der Waals surface area (Å²) in [6.07, 6.45) is 6.09. The van der Waals surface area contributed by atoms with Crippen LogP contribution in [0.15, 0.2) is 30.5 Å². The molecule has 2 aliphatic rings. The maximum Gasteiger partial charge on any atom is 0.143 e. The Kier molecular flexibility index (Phi) is 7.54. The van der Waals surface area contributed by atoms with Crippen LogP contribution < -0.4 is 10.6 Å². The van der Waals surface area contributed by atoms with E-state index >= 15 is 0 Å². The van der Waals surface area contributed by atoms with E-state index < -0.39 is 0 Å². The zero-order chi connectivity index (χ0) is 21.6. The van der Waals surface area contributed by atoms with Gasteiger partial charge in [-0.05, 0) is 56.7 Å². The van der Waals surface area contributed by atoms with Crippen molar-refractivity contribution in [2.45, 2.75) is 45.1 Å². The highest BCUT2D eigenvalue weighted by Crippen LogP contribution is 2.28. The number of hydrogen-bond acceptors (Lipinski definition) is 6. The van der Waals surface area contributed by atoms with Crippen molar-refractivity contribution in [1.29, 1.82) is 0 Å². The average Bonchev–Trinajstić information content (AvgIpc) is 2.80.